The number of carbonyl (C=O) groups excluding carboxylic acids is 2. The van der Waals surface area contributed by atoms with Gasteiger partial charge in [-0.3, -0.25) is 9.59 Å². The minimum atomic E-state index is -2.98. The number of benzene rings is 1. The van der Waals surface area contributed by atoms with Crippen molar-refractivity contribution in [2.45, 2.75) is 6.61 Å². The fourth-order valence-corrected chi connectivity index (χ4v) is 2.86. The number of alkyl halides is 2. The van der Waals surface area contributed by atoms with Gasteiger partial charge in [0.05, 0.1) is 18.9 Å². The van der Waals surface area contributed by atoms with Crippen LogP contribution in [0.15, 0.2) is 41.2 Å². The number of ether oxygens (including phenoxy) is 2. The second-order valence-electron chi connectivity index (χ2n) is 5.84. The fraction of sp³-hybridized carbons (Fsp3) is 0.333. The summed E-state index contributed by atoms with van der Waals surface area (Å²) in [5.74, 6) is -0.507. The summed E-state index contributed by atoms with van der Waals surface area (Å²) < 4.78 is 39.1. The van der Waals surface area contributed by atoms with Crippen LogP contribution in [0.3, 0.4) is 0 Å². The van der Waals surface area contributed by atoms with E-state index < -0.39 is 6.61 Å². The van der Waals surface area contributed by atoms with Gasteiger partial charge < -0.3 is 23.7 Å². The Morgan fingerprint density at radius 3 is 2.15 bits per heavy atom. The van der Waals surface area contributed by atoms with E-state index in [-0.39, 0.29) is 23.3 Å². The third-order valence-electron chi connectivity index (χ3n) is 4.25. The maximum absolute atomic E-state index is 12.7. The molecule has 1 saturated heterocycles. The van der Waals surface area contributed by atoms with Crippen LogP contribution < -0.4 is 9.47 Å². The predicted molar refractivity (Wildman–Crippen MR) is 90.1 cm³/mol. The number of hydrogen-bond acceptors (Lipinski definition) is 5. The Morgan fingerprint density at radius 2 is 1.63 bits per heavy atom. The number of nitrogens with zero attached hydrogens (tertiary/aromatic N) is 2. The molecular weight excluding hydrogens is 362 g/mol. The molecule has 7 nitrogen and oxygen atoms in total. The molecule has 0 saturated carbocycles. The lowest BCUT2D eigenvalue weighted by Crippen LogP contribution is -2.50. The van der Waals surface area contributed by atoms with Crippen LogP contribution in [0.4, 0.5) is 8.78 Å². The number of amides is 2. The highest BCUT2D eigenvalue weighted by molar-refractivity contribution is 5.96. The van der Waals surface area contributed by atoms with Crippen molar-refractivity contribution in [2.75, 3.05) is 33.3 Å². The number of halogens is 2. The summed E-state index contributed by atoms with van der Waals surface area (Å²) in [6, 6.07) is 5.64. The van der Waals surface area contributed by atoms with Gasteiger partial charge in [0.1, 0.15) is 6.26 Å². The summed E-state index contributed by atoms with van der Waals surface area (Å²) in [6.07, 6.45) is 2.82. The quantitative estimate of drug-likeness (QED) is 0.797. The van der Waals surface area contributed by atoms with E-state index in [1.54, 1.807) is 15.9 Å². The lowest BCUT2D eigenvalue weighted by molar-refractivity contribution is -0.0512. The molecule has 0 aliphatic carbocycles. The number of hydrogen-bond donors (Lipinski definition) is 0. The molecule has 0 atom stereocenters. The Kier molecular flexibility index (Phi) is 5.58. The molecule has 144 valence electrons. The van der Waals surface area contributed by atoms with Crippen LogP contribution in [0.5, 0.6) is 11.5 Å². The molecule has 0 radical (unpaired) electrons. The largest absolute Gasteiger partial charge is 0.493 e. The van der Waals surface area contributed by atoms with Gasteiger partial charge in [-0.2, -0.15) is 8.78 Å². The Labute approximate surface area is 154 Å². The number of piperazine rings is 1. The van der Waals surface area contributed by atoms with E-state index in [9.17, 15) is 18.4 Å². The van der Waals surface area contributed by atoms with Crippen molar-refractivity contribution in [1.29, 1.82) is 0 Å². The highest BCUT2D eigenvalue weighted by Crippen LogP contribution is 2.30. The SMILES string of the molecule is COc1cc(C(=O)N2CCN(C(=O)c3ccoc3)CC2)ccc1OC(F)F. The normalized spacial score (nSPS) is 14.4. The zero-order chi connectivity index (χ0) is 19.4. The van der Waals surface area contributed by atoms with Gasteiger partial charge in [0.15, 0.2) is 11.5 Å². The molecule has 1 aromatic heterocycles. The maximum Gasteiger partial charge on any atom is 0.387 e. The highest BCUT2D eigenvalue weighted by Gasteiger charge is 2.26. The molecule has 1 fully saturated rings. The van der Waals surface area contributed by atoms with E-state index in [0.717, 1.165) is 0 Å². The van der Waals surface area contributed by atoms with Crippen LogP contribution in [0.2, 0.25) is 0 Å². The summed E-state index contributed by atoms with van der Waals surface area (Å²) in [7, 11) is 1.31. The topological polar surface area (TPSA) is 72.2 Å². The molecule has 2 amide bonds. The number of carbonyl (C=O) groups is 2. The minimum absolute atomic E-state index is 0.0509. The zero-order valence-electron chi connectivity index (χ0n) is 14.6. The second kappa shape index (κ2) is 8.07. The third kappa shape index (κ3) is 4.18. The van der Waals surface area contributed by atoms with Crippen LogP contribution in [0.25, 0.3) is 0 Å². The molecule has 9 heteroatoms. The van der Waals surface area contributed by atoms with E-state index in [1.807, 2.05) is 0 Å². The average molecular weight is 380 g/mol. The summed E-state index contributed by atoms with van der Waals surface area (Å²) in [5, 5.41) is 0. The van der Waals surface area contributed by atoms with Crippen molar-refractivity contribution in [1.82, 2.24) is 9.80 Å². The lowest BCUT2D eigenvalue weighted by Gasteiger charge is -2.34. The van der Waals surface area contributed by atoms with E-state index in [2.05, 4.69) is 4.74 Å². The minimum Gasteiger partial charge on any atom is -0.493 e. The molecule has 3 rings (SSSR count). The van der Waals surface area contributed by atoms with Gasteiger partial charge in [-0.25, -0.2) is 0 Å². The molecule has 2 aromatic rings. The molecule has 0 bridgehead atoms. The molecule has 27 heavy (non-hydrogen) atoms. The van der Waals surface area contributed by atoms with E-state index in [1.165, 1.54) is 37.8 Å². The first-order valence-corrected chi connectivity index (χ1v) is 8.23. The van der Waals surface area contributed by atoms with Gasteiger partial charge in [0.25, 0.3) is 11.8 Å². The summed E-state index contributed by atoms with van der Waals surface area (Å²) in [6.45, 7) is -1.49. The Balaban J connectivity index is 1.64. The van der Waals surface area contributed by atoms with Gasteiger partial charge in [0, 0.05) is 31.7 Å². The van der Waals surface area contributed by atoms with Crippen molar-refractivity contribution in [2.24, 2.45) is 0 Å². The smallest absolute Gasteiger partial charge is 0.387 e. The predicted octanol–water partition coefficient (Wildman–Crippen LogP) is 2.49. The standard InChI is InChI=1S/C18H18F2N2O5/c1-25-15-10-12(2-3-14(15)27-18(19)20)16(23)21-5-7-22(8-6-21)17(24)13-4-9-26-11-13/h2-4,9-11,18H,5-8H2,1H3. The average Bonchev–Trinajstić information content (AvgIpc) is 3.21. The summed E-state index contributed by atoms with van der Waals surface area (Å²) in [5.41, 5.74) is 0.761. The molecule has 0 unspecified atom stereocenters. The molecule has 0 N–H and O–H groups in total. The van der Waals surface area contributed by atoms with Crippen molar-refractivity contribution in [3.05, 3.63) is 47.9 Å². The third-order valence-corrected chi connectivity index (χ3v) is 4.25. The van der Waals surface area contributed by atoms with E-state index in [4.69, 9.17) is 9.15 Å². The van der Waals surface area contributed by atoms with E-state index >= 15 is 0 Å². The Bertz CT molecular complexity index is 802. The van der Waals surface area contributed by atoms with Crippen LogP contribution in [-0.4, -0.2) is 61.5 Å². The van der Waals surface area contributed by atoms with Crippen LogP contribution in [-0.2, 0) is 0 Å². The monoisotopic (exact) mass is 380 g/mol. The first kappa shape index (κ1) is 18.7. The van der Waals surface area contributed by atoms with Gasteiger partial charge >= 0.3 is 6.61 Å². The van der Waals surface area contributed by atoms with Gasteiger partial charge in [-0.1, -0.05) is 0 Å². The van der Waals surface area contributed by atoms with Crippen LogP contribution >= 0.6 is 0 Å². The fourth-order valence-electron chi connectivity index (χ4n) is 2.86. The first-order chi connectivity index (χ1) is 13.0. The molecule has 1 aliphatic rings. The summed E-state index contributed by atoms with van der Waals surface area (Å²) in [4.78, 5) is 28.2. The Morgan fingerprint density at radius 1 is 1.00 bits per heavy atom. The maximum atomic E-state index is 12.7. The van der Waals surface area contributed by atoms with Crippen molar-refractivity contribution < 1.29 is 32.3 Å². The molecule has 1 aromatic carbocycles. The molecule has 1 aliphatic heterocycles. The Hall–Kier alpha value is -3.10. The van der Waals surface area contributed by atoms with Crippen molar-refractivity contribution in [3.63, 3.8) is 0 Å². The van der Waals surface area contributed by atoms with Crippen molar-refractivity contribution >= 4 is 11.8 Å². The van der Waals surface area contributed by atoms with E-state index in [0.29, 0.717) is 37.3 Å². The number of furan rings is 1. The summed E-state index contributed by atoms with van der Waals surface area (Å²) >= 11 is 0. The van der Waals surface area contributed by atoms with Crippen LogP contribution in [0.1, 0.15) is 20.7 Å². The first-order valence-electron chi connectivity index (χ1n) is 8.23. The number of rotatable bonds is 5. The second-order valence-corrected chi connectivity index (χ2v) is 5.84. The number of methoxy groups -OCH3 is 1. The van der Waals surface area contributed by atoms with Crippen molar-refractivity contribution in [3.8, 4) is 11.5 Å². The molecule has 0 spiro atoms. The van der Waals surface area contributed by atoms with Gasteiger partial charge in [-0.05, 0) is 24.3 Å². The highest BCUT2D eigenvalue weighted by atomic mass is 19.3. The molecular formula is C18H18F2N2O5. The van der Waals surface area contributed by atoms with Gasteiger partial charge in [0.2, 0.25) is 0 Å². The lowest BCUT2D eigenvalue weighted by atomic mass is 10.1. The van der Waals surface area contributed by atoms with Gasteiger partial charge in [-0.15, -0.1) is 0 Å². The van der Waals surface area contributed by atoms with Crippen LogP contribution in [0, 0.1) is 0 Å². The molecule has 2 heterocycles. The zero-order valence-corrected chi connectivity index (χ0v) is 14.6.